The molecule has 1 atom stereocenters. The first kappa shape index (κ1) is 31.5. The molecule has 1 saturated heterocycles. The van der Waals surface area contributed by atoms with Gasteiger partial charge in [0.1, 0.15) is 11.8 Å². The molecule has 0 radical (unpaired) electrons. The summed E-state index contributed by atoms with van der Waals surface area (Å²) in [4.78, 5) is 27.5. The van der Waals surface area contributed by atoms with Crippen LogP contribution in [0.25, 0.3) is 0 Å². The number of hydroxylamine groups is 1. The van der Waals surface area contributed by atoms with Gasteiger partial charge in [-0.3, -0.25) is 14.8 Å². The van der Waals surface area contributed by atoms with Crippen LogP contribution in [0.4, 0.5) is 0 Å². The van der Waals surface area contributed by atoms with Gasteiger partial charge in [0.15, 0.2) is 0 Å². The van der Waals surface area contributed by atoms with Crippen molar-refractivity contribution < 1.29 is 28.0 Å². The molecule has 2 amide bonds. The summed E-state index contributed by atoms with van der Waals surface area (Å²) in [6, 6.07) is 14.3. The monoisotopic (exact) mass is 568 g/mol. The maximum absolute atomic E-state index is 13.8. The molecule has 3 rings (SSSR count). The summed E-state index contributed by atoms with van der Waals surface area (Å²) in [5.41, 5.74) is 2.54. The Morgan fingerprint density at radius 2 is 1.74 bits per heavy atom. The minimum Gasteiger partial charge on any atom is -0.497 e. The molecule has 0 spiro atoms. The molecule has 3 N–H and O–H groups in total. The second-order valence-electron chi connectivity index (χ2n) is 9.00. The number of sulfonamides is 1. The number of carbonyl (C=O) groups excluding carboxylic acids is 2. The molecule has 2 aromatic rings. The average Bonchev–Trinajstić information content (AvgIpc) is 2.94. The van der Waals surface area contributed by atoms with E-state index in [-0.39, 0.29) is 42.6 Å². The predicted molar refractivity (Wildman–Crippen MR) is 146 cm³/mol. The standard InChI is InChI=1S/C26H36N4O6S.ClH/c1-27-21-14-17-29(18-15-21)25(31)16-19-30(37(34,35)23-11-9-22(36-2)10-12-23)24(26(32)28-33)13-8-20-6-4-3-5-7-20;/h3-7,9-12,21,24,27,33H,8,13-19H2,1-2H3,(H,28,32);1H. The number of hydrogen-bond acceptors (Lipinski definition) is 7. The van der Waals surface area contributed by atoms with Crippen LogP contribution in [-0.4, -0.2) is 80.5 Å². The lowest BCUT2D eigenvalue weighted by molar-refractivity contribution is -0.135. The van der Waals surface area contributed by atoms with Crippen molar-refractivity contribution in [2.24, 2.45) is 0 Å². The van der Waals surface area contributed by atoms with E-state index >= 15 is 0 Å². The number of halogens is 1. The minimum absolute atomic E-state index is 0. The smallest absolute Gasteiger partial charge is 0.261 e. The molecule has 1 aliphatic heterocycles. The van der Waals surface area contributed by atoms with Crippen molar-refractivity contribution in [3.8, 4) is 5.75 Å². The number of ether oxygens (including phenoxy) is 1. The van der Waals surface area contributed by atoms with Gasteiger partial charge in [-0.25, -0.2) is 13.9 Å². The summed E-state index contributed by atoms with van der Waals surface area (Å²) < 4.78 is 33.7. The number of rotatable bonds is 12. The number of likely N-dealkylation sites (tertiary alicyclic amines) is 1. The highest BCUT2D eigenvalue weighted by Crippen LogP contribution is 2.24. The molecule has 1 heterocycles. The Hall–Kier alpha value is -2.70. The molecule has 12 heteroatoms. The fraction of sp³-hybridized carbons (Fsp3) is 0.462. The molecule has 2 aromatic carbocycles. The first-order chi connectivity index (χ1) is 17.8. The van der Waals surface area contributed by atoms with Crippen LogP contribution in [0, 0.1) is 0 Å². The van der Waals surface area contributed by atoms with Crippen LogP contribution in [0.2, 0.25) is 0 Å². The van der Waals surface area contributed by atoms with Crippen molar-refractivity contribution in [2.75, 3.05) is 33.8 Å². The molecular formula is C26H37ClN4O6S. The van der Waals surface area contributed by atoms with E-state index in [0.717, 1.165) is 22.7 Å². The van der Waals surface area contributed by atoms with Crippen LogP contribution in [0.5, 0.6) is 5.75 Å². The van der Waals surface area contributed by atoms with Crippen LogP contribution >= 0.6 is 12.4 Å². The van der Waals surface area contributed by atoms with Crippen molar-refractivity contribution in [1.82, 2.24) is 20.0 Å². The van der Waals surface area contributed by atoms with E-state index < -0.39 is 22.0 Å². The maximum Gasteiger partial charge on any atom is 0.261 e. The van der Waals surface area contributed by atoms with Gasteiger partial charge in [0.2, 0.25) is 15.9 Å². The number of aryl methyl sites for hydroxylation is 1. The van der Waals surface area contributed by atoms with Gasteiger partial charge in [0.05, 0.1) is 12.0 Å². The number of benzene rings is 2. The van der Waals surface area contributed by atoms with Crippen molar-refractivity contribution in [2.45, 2.75) is 49.1 Å². The molecule has 0 aromatic heterocycles. The number of piperidine rings is 1. The lowest BCUT2D eigenvalue weighted by Crippen LogP contribution is -2.51. The Bertz CT molecular complexity index is 1130. The predicted octanol–water partition coefficient (Wildman–Crippen LogP) is 2.22. The molecule has 0 aliphatic carbocycles. The Labute approximate surface area is 230 Å². The van der Waals surface area contributed by atoms with E-state index in [0.29, 0.717) is 31.3 Å². The summed E-state index contributed by atoms with van der Waals surface area (Å²) in [5.74, 6) is -0.537. The third-order valence-corrected chi connectivity index (χ3v) is 8.70. The summed E-state index contributed by atoms with van der Waals surface area (Å²) in [7, 11) is -0.826. The maximum atomic E-state index is 13.8. The van der Waals surface area contributed by atoms with E-state index in [2.05, 4.69) is 5.32 Å². The summed E-state index contributed by atoms with van der Waals surface area (Å²) in [5, 5.41) is 12.7. The van der Waals surface area contributed by atoms with Gasteiger partial charge in [-0.15, -0.1) is 12.4 Å². The van der Waals surface area contributed by atoms with Gasteiger partial charge < -0.3 is 15.0 Å². The number of carbonyl (C=O) groups is 2. The first-order valence-corrected chi connectivity index (χ1v) is 13.8. The van der Waals surface area contributed by atoms with Crippen LogP contribution in [0.3, 0.4) is 0 Å². The average molecular weight is 569 g/mol. The molecule has 38 heavy (non-hydrogen) atoms. The molecule has 1 aliphatic rings. The van der Waals surface area contributed by atoms with Gasteiger partial charge in [-0.2, -0.15) is 4.31 Å². The highest BCUT2D eigenvalue weighted by atomic mass is 35.5. The summed E-state index contributed by atoms with van der Waals surface area (Å²) in [6.45, 7) is 0.973. The fourth-order valence-electron chi connectivity index (χ4n) is 4.54. The van der Waals surface area contributed by atoms with Gasteiger partial charge >= 0.3 is 0 Å². The second-order valence-corrected chi connectivity index (χ2v) is 10.9. The van der Waals surface area contributed by atoms with Crippen molar-refractivity contribution in [1.29, 1.82) is 0 Å². The lowest BCUT2D eigenvalue weighted by atomic mass is 10.0. The molecule has 1 fully saturated rings. The molecule has 10 nitrogen and oxygen atoms in total. The molecule has 1 unspecified atom stereocenters. The van der Waals surface area contributed by atoms with E-state index in [9.17, 15) is 23.2 Å². The van der Waals surface area contributed by atoms with E-state index in [1.807, 2.05) is 37.4 Å². The molecule has 0 bridgehead atoms. The Kier molecular flexibility index (Phi) is 12.5. The molecular weight excluding hydrogens is 532 g/mol. The van der Waals surface area contributed by atoms with Crippen molar-refractivity contribution in [3.05, 3.63) is 60.2 Å². The lowest BCUT2D eigenvalue weighted by Gasteiger charge is -2.33. The number of amides is 2. The van der Waals surface area contributed by atoms with Crippen LogP contribution in [0.15, 0.2) is 59.5 Å². The second kappa shape index (κ2) is 15.0. The number of hydrogen-bond donors (Lipinski definition) is 3. The van der Waals surface area contributed by atoms with Gasteiger partial charge in [-0.1, -0.05) is 30.3 Å². The number of methoxy groups -OCH3 is 1. The zero-order chi connectivity index (χ0) is 26.8. The Morgan fingerprint density at radius 3 is 2.29 bits per heavy atom. The highest BCUT2D eigenvalue weighted by Gasteiger charge is 2.36. The van der Waals surface area contributed by atoms with Gasteiger partial charge in [-0.05, 0) is 62.6 Å². The zero-order valence-electron chi connectivity index (χ0n) is 21.7. The number of nitrogens with zero attached hydrogens (tertiary/aromatic N) is 2. The van der Waals surface area contributed by atoms with E-state index in [1.54, 1.807) is 10.4 Å². The van der Waals surface area contributed by atoms with Gasteiger partial charge in [0.25, 0.3) is 5.91 Å². The van der Waals surface area contributed by atoms with Crippen LogP contribution in [-0.2, 0) is 26.0 Å². The SMILES string of the molecule is CNC1CCN(C(=O)CCN(C(CCc2ccccc2)C(=O)NO)S(=O)(=O)c2ccc(OC)cc2)CC1.Cl. The zero-order valence-corrected chi connectivity index (χ0v) is 23.3. The first-order valence-electron chi connectivity index (χ1n) is 12.4. The quantitative estimate of drug-likeness (QED) is 0.264. The molecule has 0 saturated carbocycles. The third kappa shape index (κ3) is 8.15. The normalized spacial score (nSPS) is 15.0. The number of nitrogens with one attached hydrogen (secondary N) is 2. The Balaban J connectivity index is 0.00000507. The Morgan fingerprint density at radius 1 is 1.11 bits per heavy atom. The topological polar surface area (TPSA) is 128 Å². The third-order valence-electron chi connectivity index (χ3n) is 6.78. The molecule has 210 valence electrons. The summed E-state index contributed by atoms with van der Waals surface area (Å²) >= 11 is 0. The summed E-state index contributed by atoms with van der Waals surface area (Å²) in [6.07, 6.45) is 2.08. The fourth-order valence-corrected chi connectivity index (χ4v) is 6.16. The van der Waals surface area contributed by atoms with E-state index in [4.69, 9.17) is 4.74 Å². The highest BCUT2D eigenvalue weighted by molar-refractivity contribution is 7.89. The van der Waals surface area contributed by atoms with Crippen LogP contribution < -0.4 is 15.5 Å². The van der Waals surface area contributed by atoms with E-state index in [1.165, 1.54) is 31.4 Å². The van der Waals surface area contributed by atoms with Crippen molar-refractivity contribution in [3.63, 3.8) is 0 Å². The van der Waals surface area contributed by atoms with Gasteiger partial charge in [0, 0.05) is 32.1 Å². The largest absolute Gasteiger partial charge is 0.497 e. The van der Waals surface area contributed by atoms with Crippen molar-refractivity contribution >= 4 is 34.2 Å². The minimum atomic E-state index is -4.20. The van der Waals surface area contributed by atoms with Crippen LogP contribution in [0.1, 0.15) is 31.2 Å².